The van der Waals surface area contributed by atoms with E-state index >= 15 is 0 Å². The third-order valence-electron chi connectivity index (χ3n) is 1.84. The van der Waals surface area contributed by atoms with Crippen LogP contribution >= 0.6 is 0 Å². The van der Waals surface area contributed by atoms with Crippen molar-refractivity contribution in [2.45, 2.75) is 19.8 Å². The molecule has 0 spiro atoms. The number of aldehydes is 1. The van der Waals surface area contributed by atoms with Crippen LogP contribution in [0.15, 0.2) is 18.2 Å². The SMILES string of the molecule is Cc1ccc(F)cc1CCC=O. The highest BCUT2D eigenvalue weighted by Crippen LogP contribution is 2.11. The summed E-state index contributed by atoms with van der Waals surface area (Å²) in [7, 11) is 0. The van der Waals surface area contributed by atoms with Crippen LogP contribution in [0, 0.1) is 12.7 Å². The quantitative estimate of drug-likeness (QED) is 0.629. The van der Waals surface area contributed by atoms with Crippen LogP contribution in [0.1, 0.15) is 17.5 Å². The molecule has 12 heavy (non-hydrogen) atoms. The van der Waals surface area contributed by atoms with Gasteiger partial charge in [-0.05, 0) is 36.6 Å². The number of benzene rings is 1. The second-order valence-electron chi connectivity index (χ2n) is 2.78. The molecular weight excluding hydrogens is 155 g/mol. The average molecular weight is 166 g/mol. The molecule has 0 unspecified atom stereocenters. The molecule has 2 heteroatoms. The van der Waals surface area contributed by atoms with Gasteiger partial charge in [0.05, 0.1) is 0 Å². The first-order chi connectivity index (χ1) is 5.74. The van der Waals surface area contributed by atoms with Gasteiger partial charge in [0.25, 0.3) is 0 Å². The number of aryl methyl sites for hydroxylation is 2. The molecule has 0 atom stereocenters. The Morgan fingerprint density at radius 3 is 2.92 bits per heavy atom. The molecule has 0 aromatic heterocycles. The summed E-state index contributed by atoms with van der Waals surface area (Å²) < 4.78 is 12.7. The molecule has 64 valence electrons. The van der Waals surface area contributed by atoms with Gasteiger partial charge >= 0.3 is 0 Å². The highest BCUT2D eigenvalue weighted by Gasteiger charge is 1.99. The first-order valence-corrected chi connectivity index (χ1v) is 3.92. The molecular formula is C10H11FO. The van der Waals surface area contributed by atoms with Gasteiger partial charge in [0.15, 0.2) is 0 Å². The highest BCUT2D eigenvalue weighted by atomic mass is 19.1. The second-order valence-corrected chi connectivity index (χ2v) is 2.78. The van der Waals surface area contributed by atoms with Gasteiger partial charge in [-0.2, -0.15) is 0 Å². The second kappa shape index (κ2) is 4.00. The number of hydrogen-bond acceptors (Lipinski definition) is 1. The predicted octanol–water partition coefficient (Wildman–Crippen LogP) is 2.27. The van der Waals surface area contributed by atoms with Crippen molar-refractivity contribution in [3.05, 3.63) is 35.1 Å². The van der Waals surface area contributed by atoms with E-state index in [9.17, 15) is 9.18 Å². The van der Waals surface area contributed by atoms with Crippen LogP contribution in [0.3, 0.4) is 0 Å². The molecule has 0 fully saturated rings. The molecule has 0 aliphatic carbocycles. The third kappa shape index (κ3) is 2.16. The van der Waals surface area contributed by atoms with E-state index in [1.54, 1.807) is 6.07 Å². The fourth-order valence-corrected chi connectivity index (χ4v) is 1.12. The molecule has 0 bridgehead atoms. The van der Waals surface area contributed by atoms with Crippen molar-refractivity contribution in [1.29, 1.82) is 0 Å². The third-order valence-corrected chi connectivity index (χ3v) is 1.84. The first kappa shape index (κ1) is 8.91. The van der Waals surface area contributed by atoms with Crippen LogP contribution in [0.5, 0.6) is 0 Å². The van der Waals surface area contributed by atoms with Crippen molar-refractivity contribution >= 4 is 6.29 Å². The summed E-state index contributed by atoms with van der Waals surface area (Å²) in [5.74, 6) is -0.235. The van der Waals surface area contributed by atoms with Crippen LogP contribution in [0.25, 0.3) is 0 Å². The van der Waals surface area contributed by atoms with Gasteiger partial charge in [0.2, 0.25) is 0 Å². The van der Waals surface area contributed by atoms with Gasteiger partial charge < -0.3 is 4.79 Å². The highest BCUT2D eigenvalue weighted by molar-refractivity contribution is 5.50. The summed E-state index contributed by atoms with van der Waals surface area (Å²) >= 11 is 0. The van der Waals surface area contributed by atoms with Crippen molar-refractivity contribution in [3.63, 3.8) is 0 Å². The maximum absolute atomic E-state index is 12.7. The Kier molecular flexibility index (Phi) is 2.97. The fourth-order valence-electron chi connectivity index (χ4n) is 1.12. The zero-order valence-corrected chi connectivity index (χ0v) is 7.01. The zero-order valence-electron chi connectivity index (χ0n) is 7.01. The maximum Gasteiger partial charge on any atom is 0.123 e. The molecule has 1 aromatic rings. The Balaban J connectivity index is 2.82. The summed E-state index contributed by atoms with van der Waals surface area (Å²) in [5.41, 5.74) is 1.96. The van der Waals surface area contributed by atoms with Crippen molar-refractivity contribution in [2.24, 2.45) is 0 Å². The summed E-state index contributed by atoms with van der Waals surface area (Å²) in [6, 6.07) is 4.65. The molecule has 0 saturated carbocycles. The molecule has 0 aliphatic rings. The lowest BCUT2D eigenvalue weighted by atomic mass is 10.0. The number of hydrogen-bond donors (Lipinski definition) is 0. The topological polar surface area (TPSA) is 17.1 Å². The lowest BCUT2D eigenvalue weighted by Gasteiger charge is -2.02. The van der Waals surface area contributed by atoms with Gasteiger partial charge in [0, 0.05) is 6.42 Å². The normalized spacial score (nSPS) is 9.83. The number of halogens is 1. The Bertz CT molecular complexity index is 281. The summed E-state index contributed by atoms with van der Waals surface area (Å²) in [6.45, 7) is 1.92. The molecule has 0 radical (unpaired) electrons. The smallest absolute Gasteiger partial charge is 0.123 e. The van der Waals surface area contributed by atoms with Gasteiger partial charge in [-0.1, -0.05) is 6.07 Å². The minimum absolute atomic E-state index is 0.235. The van der Waals surface area contributed by atoms with E-state index in [0.717, 1.165) is 17.4 Å². The first-order valence-electron chi connectivity index (χ1n) is 3.92. The largest absolute Gasteiger partial charge is 0.303 e. The molecule has 0 aliphatic heterocycles. The Morgan fingerprint density at radius 1 is 1.50 bits per heavy atom. The van der Waals surface area contributed by atoms with Crippen LogP contribution in [0.4, 0.5) is 4.39 Å². The average Bonchev–Trinajstić information content (AvgIpc) is 2.07. The lowest BCUT2D eigenvalue weighted by molar-refractivity contribution is -0.107. The zero-order chi connectivity index (χ0) is 8.97. The van der Waals surface area contributed by atoms with E-state index in [0.29, 0.717) is 12.8 Å². The minimum atomic E-state index is -0.235. The molecule has 1 aromatic carbocycles. The molecule has 1 rings (SSSR count). The van der Waals surface area contributed by atoms with E-state index < -0.39 is 0 Å². The van der Waals surface area contributed by atoms with Crippen LogP contribution in [-0.4, -0.2) is 6.29 Å². The molecule has 0 saturated heterocycles. The Morgan fingerprint density at radius 2 is 2.25 bits per heavy atom. The van der Waals surface area contributed by atoms with Gasteiger partial charge in [-0.3, -0.25) is 0 Å². The van der Waals surface area contributed by atoms with E-state index in [1.807, 2.05) is 6.92 Å². The standard InChI is InChI=1S/C10H11FO/c1-8-4-5-10(11)7-9(8)3-2-6-12/h4-7H,2-3H2,1H3. The lowest BCUT2D eigenvalue weighted by Crippen LogP contribution is -1.91. The van der Waals surface area contributed by atoms with E-state index in [-0.39, 0.29) is 5.82 Å². The monoisotopic (exact) mass is 166 g/mol. The van der Waals surface area contributed by atoms with Crippen LogP contribution in [0.2, 0.25) is 0 Å². The summed E-state index contributed by atoms with van der Waals surface area (Å²) in [4.78, 5) is 10.1. The number of carbonyl (C=O) groups is 1. The van der Waals surface area contributed by atoms with E-state index in [2.05, 4.69) is 0 Å². The molecule has 0 heterocycles. The number of rotatable bonds is 3. The molecule has 1 nitrogen and oxygen atoms in total. The van der Waals surface area contributed by atoms with Crippen LogP contribution in [-0.2, 0) is 11.2 Å². The Hall–Kier alpha value is -1.18. The summed E-state index contributed by atoms with van der Waals surface area (Å²) in [5, 5.41) is 0. The van der Waals surface area contributed by atoms with Crippen LogP contribution < -0.4 is 0 Å². The van der Waals surface area contributed by atoms with Gasteiger partial charge in [0.1, 0.15) is 12.1 Å². The van der Waals surface area contributed by atoms with Gasteiger partial charge in [-0.25, -0.2) is 4.39 Å². The molecule has 0 amide bonds. The van der Waals surface area contributed by atoms with Crippen molar-refractivity contribution in [2.75, 3.05) is 0 Å². The number of carbonyl (C=O) groups excluding carboxylic acids is 1. The van der Waals surface area contributed by atoms with E-state index in [1.165, 1.54) is 12.1 Å². The van der Waals surface area contributed by atoms with Crippen molar-refractivity contribution in [1.82, 2.24) is 0 Å². The van der Waals surface area contributed by atoms with Crippen molar-refractivity contribution in [3.8, 4) is 0 Å². The van der Waals surface area contributed by atoms with E-state index in [4.69, 9.17) is 0 Å². The minimum Gasteiger partial charge on any atom is -0.303 e. The van der Waals surface area contributed by atoms with Gasteiger partial charge in [-0.15, -0.1) is 0 Å². The Labute approximate surface area is 71.2 Å². The fraction of sp³-hybridized carbons (Fsp3) is 0.300. The summed E-state index contributed by atoms with van der Waals surface area (Å²) in [6.07, 6.45) is 1.95. The molecule has 0 N–H and O–H groups in total. The maximum atomic E-state index is 12.7. The predicted molar refractivity (Wildman–Crippen MR) is 45.5 cm³/mol. The van der Waals surface area contributed by atoms with Crippen molar-refractivity contribution < 1.29 is 9.18 Å².